The van der Waals surface area contributed by atoms with Crippen molar-refractivity contribution in [2.24, 2.45) is 11.1 Å². The van der Waals surface area contributed by atoms with Gasteiger partial charge in [-0.25, -0.2) is 0 Å². The zero-order chi connectivity index (χ0) is 11.3. The second-order valence-corrected chi connectivity index (χ2v) is 4.74. The van der Waals surface area contributed by atoms with Crippen LogP contribution in [0.5, 0.6) is 0 Å². The van der Waals surface area contributed by atoms with Gasteiger partial charge in [-0.15, -0.1) is 5.10 Å². The van der Waals surface area contributed by atoms with Crippen molar-refractivity contribution in [2.75, 3.05) is 6.54 Å². The van der Waals surface area contributed by atoms with Crippen molar-refractivity contribution >= 4 is 5.82 Å². The molecule has 1 aromatic heterocycles. The highest BCUT2D eigenvalue weighted by atomic mass is 16.6. The number of nitro groups is 1. The predicted molar refractivity (Wildman–Crippen MR) is 54.4 cm³/mol. The van der Waals surface area contributed by atoms with Crippen LogP contribution in [-0.4, -0.2) is 21.7 Å². The predicted octanol–water partition coefficient (Wildman–Crippen LogP) is 0.944. The summed E-state index contributed by atoms with van der Waals surface area (Å²) in [6.07, 6.45) is 2.40. The number of nitrogens with zero attached hydrogens (tertiary/aromatic N) is 2. The molecule has 1 aliphatic rings. The Morgan fingerprint density at radius 3 is 2.73 bits per heavy atom. The second-order valence-electron chi connectivity index (χ2n) is 4.74. The highest BCUT2D eigenvalue weighted by Gasteiger charge is 2.63. The van der Waals surface area contributed by atoms with E-state index in [1.54, 1.807) is 0 Å². The lowest BCUT2D eigenvalue weighted by Gasteiger charge is -2.15. The van der Waals surface area contributed by atoms with E-state index in [4.69, 9.17) is 5.73 Å². The maximum Gasteiger partial charge on any atom is 0.346 e. The molecule has 1 aliphatic carbocycles. The molecule has 1 fully saturated rings. The molecule has 0 amide bonds. The first kappa shape index (κ1) is 10.1. The van der Waals surface area contributed by atoms with Crippen LogP contribution in [0.4, 0.5) is 5.82 Å². The fourth-order valence-electron chi connectivity index (χ4n) is 2.40. The molecule has 6 nitrogen and oxygen atoms in total. The molecule has 0 bridgehead atoms. The molecule has 1 unspecified atom stereocenters. The summed E-state index contributed by atoms with van der Waals surface area (Å²) in [5.74, 6) is -0.0222. The van der Waals surface area contributed by atoms with Gasteiger partial charge in [0.1, 0.15) is 0 Å². The van der Waals surface area contributed by atoms with Crippen molar-refractivity contribution in [1.29, 1.82) is 0 Å². The van der Waals surface area contributed by atoms with Crippen LogP contribution in [0.15, 0.2) is 6.20 Å². The van der Waals surface area contributed by atoms with Gasteiger partial charge in [-0.1, -0.05) is 18.9 Å². The molecule has 6 heteroatoms. The Bertz CT molecular complexity index is 412. The minimum atomic E-state index is -0.436. The maximum absolute atomic E-state index is 10.8. The minimum Gasteiger partial charge on any atom is -0.358 e. The van der Waals surface area contributed by atoms with E-state index in [0.717, 1.165) is 6.42 Å². The van der Waals surface area contributed by atoms with Gasteiger partial charge < -0.3 is 15.8 Å². The number of rotatable bonds is 3. The van der Waals surface area contributed by atoms with Gasteiger partial charge in [-0.05, 0) is 16.8 Å². The lowest BCUT2D eigenvalue weighted by molar-refractivity contribution is -0.390. The Labute approximate surface area is 87.0 Å². The Balaban J connectivity index is 2.46. The third kappa shape index (κ3) is 1.18. The van der Waals surface area contributed by atoms with Crippen LogP contribution in [0.2, 0.25) is 0 Å². The summed E-state index contributed by atoms with van der Waals surface area (Å²) in [7, 11) is 0. The van der Waals surface area contributed by atoms with Gasteiger partial charge in [0.05, 0.1) is 11.8 Å². The van der Waals surface area contributed by atoms with Crippen molar-refractivity contribution in [3.05, 3.63) is 21.9 Å². The summed E-state index contributed by atoms with van der Waals surface area (Å²) in [6.45, 7) is 4.55. The number of hydrogen-bond acceptors (Lipinski definition) is 4. The SMILES string of the molecule is CC1(C)CC1(CN)c1cn[nH]c1[N+](=O)[O-]. The van der Waals surface area contributed by atoms with Gasteiger partial charge in [-0.3, -0.25) is 0 Å². The molecular weight excluding hydrogens is 196 g/mol. The average Bonchev–Trinajstić information content (AvgIpc) is 2.59. The third-order valence-electron chi connectivity index (χ3n) is 3.58. The lowest BCUT2D eigenvalue weighted by atomic mass is 9.89. The van der Waals surface area contributed by atoms with Crippen LogP contribution < -0.4 is 5.73 Å². The molecule has 2 rings (SSSR count). The van der Waals surface area contributed by atoms with E-state index in [0.29, 0.717) is 12.1 Å². The van der Waals surface area contributed by atoms with Crippen LogP contribution >= 0.6 is 0 Å². The van der Waals surface area contributed by atoms with Gasteiger partial charge in [0, 0.05) is 12.0 Å². The second kappa shape index (κ2) is 2.79. The molecule has 15 heavy (non-hydrogen) atoms. The number of aromatic nitrogens is 2. The van der Waals surface area contributed by atoms with Gasteiger partial charge in [0.25, 0.3) is 0 Å². The first-order valence-corrected chi connectivity index (χ1v) is 4.83. The van der Waals surface area contributed by atoms with Crippen molar-refractivity contribution < 1.29 is 4.92 Å². The van der Waals surface area contributed by atoms with Crippen LogP contribution in [0.1, 0.15) is 25.8 Å². The Hall–Kier alpha value is -1.43. The summed E-state index contributed by atoms with van der Waals surface area (Å²) < 4.78 is 0. The zero-order valence-electron chi connectivity index (χ0n) is 8.78. The van der Waals surface area contributed by atoms with Crippen LogP contribution in [0.3, 0.4) is 0 Å². The van der Waals surface area contributed by atoms with E-state index in [-0.39, 0.29) is 16.6 Å². The molecule has 3 N–H and O–H groups in total. The van der Waals surface area contributed by atoms with E-state index in [1.165, 1.54) is 6.20 Å². The van der Waals surface area contributed by atoms with E-state index in [2.05, 4.69) is 24.0 Å². The molecule has 1 atom stereocenters. The molecule has 1 saturated carbocycles. The first-order valence-electron chi connectivity index (χ1n) is 4.83. The normalized spacial score (nSPS) is 27.7. The van der Waals surface area contributed by atoms with Crippen LogP contribution in [0.25, 0.3) is 0 Å². The van der Waals surface area contributed by atoms with Gasteiger partial charge in [-0.2, -0.15) is 0 Å². The number of H-pyrrole nitrogens is 1. The lowest BCUT2D eigenvalue weighted by Crippen LogP contribution is -2.25. The standard InChI is InChI=1S/C9H14N4O2/c1-8(2)4-9(8,5-10)6-3-11-12-7(6)13(14)15/h3H,4-5,10H2,1-2H3,(H,11,12). The molecule has 1 aromatic rings. The van der Waals surface area contributed by atoms with Crippen LogP contribution in [-0.2, 0) is 5.41 Å². The summed E-state index contributed by atoms with van der Waals surface area (Å²) in [5.41, 5.74) is 6.13. The van der Waals surface area contributed by atoms with E-state index in [1.807, 2.05) is 0 Å². The summed E-state index contributed by atoms with van der Waals surface area (Å²) in [6, 6.07) is 0. The summed E-state index contributed by atoms with van der Waals surface area (Å²) in [5, 5.41) is 16.9. The largest absolute Gasteiger partial charge is 0.358 e. The Morgan fingerprint density at radius 2 is 2.33 bits per heavy atom. The third-order valence-corrected chi connectivity index (χ3v) is 3.58. The fraction of sp³-hybridized carbons (Fsp3) is 0.667. The fourth-order valence-corrected chi connectivity index (χ4v) is 2.40. The molecule has 0 saturated heterocycles. The number of aromatic amines is 1. The van der Waals surface area contributed by atoms with Crippen molar-refractivity contribution in [3.8, 4) is 0 Å². The van der Waals surface area contributed by atoms with E-state index >= 15 is 0 Å². The maximum atomic E-state index is 10.8. The van der Waals surface area contributed by atoms with E-state index in [9.17, 15) is 10.1 Å². The van der Waals surface area contributed by atoms with Crippen molar-refractivity contribution in [3.63, 3.8) is 0 Å². The van der Waals surface area contributed by atoms with Crippen molar-refractivity contribution in [1.82, 2.24) is 10.2 Å². The summed E-state index contributed by atoms with van der Waals surface area (Å²) in [4.78, 5) is 10.3. The highest BCUT2D eigenvalue weighted by molar-refractivity contribution is 5.45. The van der Waals surface area contributed by atoms with Crippen molar-refractivity contribution in [2.45, 2.75) is 25.7 Å². The van der Waals surface area contributed by atoms with Gasteiger partial charge >= 0.3 is 5.82 Å². The quantitative estimate of drug-likeness (QED) is 0.573. The zero-order valence-corrected chi connectivity index (χ0v) is 8.78. The van der Waals surface area contributed by atoms with Gasteiger partial charge in [0.2, 0.25) is 0 Å². The molecule has 82 valence electrons. The summed E-state index contributed by atoms with van der Waals surface area (Å²) >= 11 is 0. The molecule has 0 spiro atoms. The average molecular weight is 210 g/mol. The molecular formula is C9H14N4O2. The monoisotopic (exact) mass is 210 g/mol. The van der Waals surface area contributed by atoms with Gasteiger partial charge in [0.15, 0.2) is 0 Å². The van der Waals surface area contributed by atoms with Crippen LogP contribution in [0, 0.1) is 15.5 Å². The first-order chi connectivity index (χ1) is 6.94. The number of nitrogens with one attached hydrogen (secondary N) is 1. The molecule has 0 aliphatic heterocycles. The van der Waals surface area contributed by atoms with E-state index < -0.39 is 4.92 Å². The topological polar surface area (TPSA) is 97.8 Å². The Kier molecular flexibility index (Phi) is 1.88. The number of nitrogens with two attached hydrogens (primary N) is 1. The highest BCUT2D eigenvalue weighted by Crippen LogP contribution is 2.64. The molecule has 0 aromatic carbocycles. The smallest absolute Gasteiger partial charge is 0.346 e. The minimum absolute atomic E-state index is 0.0222. The number of hydrogen-bond donors (Lipinski definition) is 2. The Morgan fingerprint density at radius 1 is 1.73 bits per heavy atom. The molecule has 1 heterocycles. The molecule has 0 radical (unpaired) electrons.